The quantitative estimate of drug-likeness (QED) is 0.256. The van der Waals surface area contributed by atoms with Gasteiger partial charge in [-0.1, -0.05) is 97.1 Å². The third-order valence-electron chi connectivity index (χ3n) is 7.24. The molecule has 3 heteroatoms. The SMILES string of the molecule is CC1([C@@H](O)c2ccc3ccccc3c2)Sc2ccc3ccccc3c2-c2c(ccc3ccccc23)S1. The monoisotopic (exact) mass is 500 g/mol. The maximum absolute atomic E-state index is 11.9. The minimum Gasteiger partial charge on any atom is -0.386 e. The zero-order valence-electron chi connectivity index (χ0n) is 19.8. The Balaban J connectivity index is 1.48. The molecule has 174 valence electrons. The number of hydrogen-bond donors (Lipinski definition) is 1. The van der Waals surface area contributed by atoms with Crippen molar-refractivity contribution in [2.24, 2.45) is 0 Å². The normalized spacial score (nSPS) is 15.4. The third-order valence-corrected chi connectivity index (χ3v) is 10.1. The van der Waals surface area contributed by atoms with E-state index >= 15 is 0 Å². The molecule has 1 N–H and O–H groups in total. The van der Waals surface area contributed by atoms with Crippen LogP contribution in [0.5, 0.6) is 0 Å². The zero-order valence-corrected chi connectivity index (χ0v) is 21.4. The van der Waals surface area contributed by atoms with E-state index in [1.807, 2.05) is 0 Å². The molecule has 6 aromatic rings. The fraction of sp³-hybridized carbons (Fsp3) is 0.0909. The zero-order chi connectivity index (χ0) is 24.3. The van der Waals surface area contributed by atoms with Gasteiger partial charge in [-0.2, -0.15) is 0 Å². The first-order valence-electron chi connectivity index (χ1n) is 12.2. The molecular weight excluding hydrogens is 476 g/mol. The van der Waals surface area contributed by atoms with E-state index in [9.17, 15) is 5.11 Å². The lowest BCUT2D eigenvalue weighted by Crippen LogP contribution is -2.25. The molecule has 0 aromatic heterocycles. The molecule has 1 atom stereocenters. The summed E-state index contributed by atoms with van der Waals surface area (Å²) in [5.74, 6) is 0. The van der Waals surface area contributed by atoms with Crippen molar-refractivity contribution in [3.63, 3.8) is 0 Å². The molecule has 0 aliphatic carbocycles. The Morgan fingerprint density at radius 2 is 1.03 bits per heavy atom. The number of aliphatic hydroxyl groups excluding tert-OH is 1. The molecule has 0 saturated carbocycles. The maximum atomic E-state index is 11.9. The van der Waals surface area contributed by atoms with Crippen molar-refractivity contribution in [3.05, 3.63) is 121 Å². The van der Waals surface area contributed by atoms with E-state index in [1.54, 1.807) is 23.5 Å². The average molecular weight is 501 g/mol. The smallest absolute Gasteiger partial charge is 0.103 e. The number of thioether (sulfide) groups is 2. The summed E-state index contributed by atoms with van der Waals surface area (Å²) in [5.41, 5.74) is 3.49. The van der Waals surface area contributed by atoms with Crippen LogP contribution in [0, 0.1) is 0 Å². The van der Waals surface area contributed by atoms with Gasteiger partial charge in [0.2, 0.25) is 0 Å². The van der Waals surface area contributed by atoms with E-state index in [2.05, 4.69) is 122 Å². The van der Waals surface area contributed by atoms with E-state index in [4.69, 9.17) is 0 Å². The molecule has 0 bridgehead atoms. The predicted octanol–water partition coefficient (Wildman–Crippen LogP) is 9.46. The maximum Gasteiger partial charge on any atom is 0.103 e. The first-order valence-corrected chi connectivity index (χ1v) is 13.8. The molecule has 1 aliphatic rings. The van der Waals surface area contributed by atoms with Gasteiger partial charge in [-0.3, -0.25) is 0 Å². The second-order valence-electron chi connectivity index (χ2n) is 9.55. The molecular formula is C33H24OS2. The van der Waals surface area contributed by atoms with E-state index in [0.717, 1.165) is 10.9 Å². The first-order chi connectivity index (χ1) is 17.6. The average Bonchev–Trinajstić information content (AvgIpc) is 3.06. The topological polar surface area (TPSA) is 20.2 Å². The van der Waals surface area contributed by atoms with Crippen molar-refractivity contribution in [3.8, 4) is 11.1 Å². The van der Waals surface area contributed by atoms with Crippen LogP contribution in [0.25, 0.3) is 43.4 Å². The number of hydrogen-bond acceptors (Lipinski definition) is 3. The molecule has 7 rings (SSSR count). The van der Waals surface area contributed by atoms with Gasteiger partial charge in [0.05, 0.1) is 4.08 Å². The largest absolute Gasteiger partial charge is 0.386 e. The molecule has 1 heterocycles. The summed E-state index contributed by atoms with van der Waals surface area (Å²) in [6.45, 7) is 2.19. The Labute approximate surface area is 219 Å². The molecule has 6 aromatic carbocycles. The van der Waals surface area contributed by atoms with E-state index in [1.165, 1.54) is 47.8 Å². The van der Waals surface area contributed by atoms with Crippen LogP contribution in [0.2, 0.25) is 0 Å². The van der Waals surface area contributed by atoms with E-state index < -0.39 is 10.2 Å². The summed E-state index contributed by atoms with van der Waals surface area (Å²) in [6, 6.07) is 40.9. The summed E-state index contributed by atoms with van der Waals surface area (Å²) in [4.78, 5) is 2.41. The van der Waals surface area contributed by atoms with Crippen LogP contribution >= 0.6 is 23.5 Å². The predicted molar refractivity (Wildman–Crippen MR) is 156 cm³/mol. The van der Waals surface area contributed by atoms with Gasteiger partial charge in [-0.15, -0.1) is 23.5 Å². The molecule has 0 spiro atoms. The molecule has 0 radical (unpaired) electrons. The Hall–Kier alpha value is -3.24. The summed E-state index contributed by atoms with van der Waals surface area (Å²) in [7, 11) is 0. The lowest BCUT2D eigenvalue weighted by atomic mass is 9.94. The van der Waals surface area contributed by atoms with Gasteiger partial charge >= 0.3 is 0 Å². The second kappa shape index (κ2) is 8.41. The van der Waals surface area contributed by atoms with E-state index in [-0.39, 0.29) is 0 Å². The van der Waals surface area contributed by atoms with Crippen LogP contribution in [-0.4, -0.2) is 9.19 Å². The number of benzene rings is 6. The van der Waals surface area contributed by atoms with Crippen LogP contribution in [-0.2, 0) is 0 Å². The Morgan fingerprint density at radius 1 is 0.556 bits per heavy atom. The summed E-state index contributed by atoms with van der Waals surface area (Å²) in [6.07, 6.45) is -0.658. The van der Waals surface area contributed by atoms with Gasteiger partial charge in [0.25, 0.3) is 0 Å². The van der Waals surface area contributed by atoms with Crippen LogP contribution in [0.3, 0.4) is 0 Å². The van der Waals surface area contributed by atoms with Crippen molar-refractivity contribution >= 4 is 55.8 Å². The van der Waals surface area contributed by atoms with Gasteiger partial charge in [0, 0.05) is 20.9 Å². The highest BCUT2D eigenvalue weighted by Gasteiger charge is 2.40. The number of rotatable bonds is 2. The summed E-state index contributed by atoms with van der Waals surface area (Å²) < 4.78 is -0.520. The van der Waals surface area contributed by atoms with Crippen LogP contribution < -0.4 is 0 Å². The van der Waals surface area contributed by atoms with Crippen molar-refractivity contribution < 1.29 is 5.11 Å². The summed E-state index contributed by atoms with van der Waals surface area (Å²) in [5, 5.41) is 19.2. The van der Waals surface area contributed by atoms with Gasteiger partial charge < -0.3 is 5.11 Å². The van der Waals surface area contributed by atoms with Gasteiger partial charge in [-0.05, 0) is 63.0 Å². The first kappa shape index (κ1) is 22.0. The lowest BCUT2D eigenvalue weighted by Gasteiger charge is -2.33. The van der Waals surface area contributed by atoms with Crippen LogP contribution in [0.4, 0.5) is 0 Å². The molecule has 0 fully saturated rings. The minimum absolute atomic E-state index is 0.520. The van der Waals surface area contributed by atoms with Gasteiger partial charge in [-0.25, -0.2) is 0 Å². The number of fused-ring (bicyclic) bond motifs is 8. The van der Waals surface area contributed by atoms with E-state index in [0.29, 0.717) is 0 Å². The molecule has 0 saturated heterocycles. The Morgan fingerprint density at radius 3 is 1.61 bits per heavy atom. The highest BCUT2D eigenvalue weighted by Crippen LogP contribution is 2.60. The molecule has 0 amide bonds. The minimum atomic E-state index is -0.658. The fourth-order valence-corrected chi connectivity index (χ4v) is 8.41. The van der Waals surface area contributed by atoms with Crippen molar-refractivity contribution in [1.29, 1.82) is 0 Å². The Kier molecular flexibility index (Phi) is 5.14. The van der Waals surface area contributed by atoms with Gasteiger partial charge in [0.1, 0.15) is 6.10 Å². The molecule has 1 nitrogen and oxygen atoms in total. The molecule has 1 aliphatic heterocycles. The highest BCUT2D eigenvalue weighted by atomic mass is 32.2. The van der Waals surface area contributed by atoms with Crippen molar-refractivity contribution in [2.45, 2.75) is 26.9 Å². The lowest BCUT2D eigenvalue weighted by molar-refractivity contribution is 0.169. The van der Waals surface area contributed by atoms with Crippen LogP contribution in [0.1, 0.15) is 18.6 Å². The van der Waals surface area contributed by atoms with Gasteiger partial charge in [0.15, 0.2) is 0 Å². The highest BCUT2D eigenvalue weighted by molar-refractivity contribution is 8.18. The van der Waals surface area contributed by atoms with Crippen molar-refractivity contribution in [1.82, 2.24) is 0 Å². The summed E-state index contributed by atoms with van der Waals surface area (Å²) >= 11 is 3.56. The third kappa shape index (κ3) is 3.46. The molecule has 0 unspecified atom stereocenters. The fourth-order valence-electron chi connectivity index (χ4n) is 5.44. The van der Waals surface area contributed by atoms with Crippen LogP contribution in [0.15, 0.2) is 125 Å². The van der Waals surface area contributed by atoms with Crippen molar-refractivity contribution in [2.75, 3.05) is 0 Å². The molecule has 36 heavy (non-hydrogen) atoms. The number of aliphatic hydroxyl groups is 1. The Bertz CT molecular complexity index is 1700. The standard InChI is InChI=1S/C33H24OS2/c1-33(32(34)25-15-14-21-8-2-3-11-24(21)20-25)35-28-18-16-22-9-4-6-12-26(22)30(28)31-27-13-7-5-10-23(27)17-19-29(31)36-33/h2-20,32,34H,1H3/t32-/m0/s1. The second-order valence-corrected chi connectivity index (χ2v) is 12.8.